The van der Waals surface area contributed by atoms with Gasteiger partial charge < -0.3 is 0 Å². The van der Waals surface area contributed by atoms with Gasteiger partial charge in [0.15, 0.2) is 10.2 Å². The van der Waals surface area contributed by atoms with Crippen molar-refractivity contribution >= 4 is 21.1 Å². The van der Waals surface area contributed by atoms with Crippen molar-refractivity contribution in [3.63, 3.8) is 0 Å². The summed E-state index contributed by atoms with van der Waals surface area (Å²) >= 11 is 1.11. The van der Waals surface area contributed by atoms with Gasteiger partial charge in [0.2, 0.25) is 0 Å². The van der Waals surface area contributed by atoms with E-state index in [9.17, 15) is 17.4 Å². The number of rotatable bonds is 4. The number of allylic oxidation sites excluding steroid dienone is 1. The lowest BCUT2D eigenvalue weighted by atomic mass is 10.4. The molecule has 0 amide bonds. The Balaban J connectivity index is 2.87. The number of halogens is 3. The van der Waals surface area contributed by atoms with Gasteiger partial charge in [0.1, 0.15) is 9.73 Å². The first kappa shape index (κ1) is 13.2. The molecular formula is C8H9F3N2OS2. The third-order valence-corrected chi connectivity index (χ3v) is 5.41. The minimum Gasteiger partial charge on any atom is -0.242 e. The lowest BCUT2D eigenvalue weighted by Crippen LogP contribution is -2.06. The molecule has 0 saturated heterocycles. The zero-order valence-corrected chi connectivity index (χ0v) is 9.95. The van der Waals surface area contributed by atoms with E-state index in [1.165, 1.54) is 13.2 Å². The van der Waals surface area contributed by atoms with E-state index in [1.54, 1.807) is 5.38 Å². The molecule has 0 aliphatic rings. The summed E-state index contributed by atoms with van der Waals surface area (Å²) in [6.45, 7) is 0. The van der Waals surface area contributed by atoms with Crippen molar-refractivity contribution in [1.29, 1.82) is 0 Å². The van der Waals surface area contributed by atoms with Crippen molar-refractivity contribution in [3.05, 3.63) is 23.5 Å². The normalized spacial score (nSPS) is 14.2. The highest BCUT2D eigenvalue weighted by Crippen LogP contribution is 2.21. The minimum absolute atomic E-state index is 0.238. The van der Waals surface area contributed by atoms with Crippen LogP contribution in [0.15, 0.2) is 32.2 Å². The first-order valence-electron chi connectivity index (χ1n) is 4.21. The zero-order chi connectivity index (χ0) is 12.2. The Bertz CT molecular complexity index is 485. The Kier molecular flexibility index (Phi) is 4.48. The summed E-state index contributed by atoms with van der Waals surface area (Å²) in [7, 11) is -1.56. The number of thiazole rings is 1. The highest BCUT2D eigenvalue weighted by atomic mass is 32.2. The third kappa shape index (κ3) is 3.05. The average molecular weight is 270 g/mol. The molecule has 0 saturated carbocycles. The van der Waals surface area contributed by atoms with E-state index < -0.39 is 28.1 Å². The van der Waals surface area contributed by atoms with Gasteiger partial charge in [-0.15, -0.1) is 11.3 Å². The van der Waals surface area contributed by atoms with Crippen molar-refractivity contribution in [2.75, 3.05) is 12.8 Å². The predicted octanol–water partition coefficient (Wildman–Crippen LogP) is 3.07. The van der Waals surface area contributed by atoms with Crippen LogP contribution in [0.5, 0.6) is 0 Å². The molecule has 90 valence electrons. The predicted molar refractivity (Wildman–Crippen MR) is 56.7 cm³/mol. The molecule has 0 spiro atoms. The summed E-state index contributed by atoms with van der Waals surface area (Å²) in [6, 6.07) is 0. The molecule has 3 nitrogen and oxygen atoms in total. The molecule has 1 aromatic heterocycles. The largest absolute Gasteiger partial charge is 0.301 e. The maximum absolute atomic E-state index is 12.6. The van der Waals surface area contributed by atoms with Gasteiger partial charge in [0.05, 0.1) is 0 Å². The van der Waals surface area contributed by atoms with Gasteiger partial charge in [-0.2, -0.15) is 8.78 Å². The number of hydrogen-bond acceptors (Lipinski definition) is 4. The van der Waals surface area contributed by atoms with Gasteiger partial charge >= 0.3 is 6.08 Å². The monoisotopic (exact) mass is 270 g/mol. The van der Waals surface area contributed by atoms with Gasteiger partial charge in [0.25, 0.3) is 0 Å². The Labute approximate surface area is 95.2 Å². The zero-order valence-electron chi connectivity index (χ0n) is 8.32. The van der Waals surface area contributed by atoms with Crippen LogP contribution in [0.1, 0.15) is 6.42 Å². The summed E-state index contributed by atoms with van der Waals surface area (Å²) in [4.78, 5) is 3.81. The maximum Gasteiger partial charge on any atom is 0.301 e. The van der Waals surface area contributed by atoms with Crippen LogP contribution in [-0.4, -0.2) is 22.0 Å². The number of aromatic nitrogens is 1. The molecule has 0 radical (unpaired) electrons. The Morgan fingerprint density at radius 1 is 1.56 bits per heavy atom. The van der Waals surface area contributed by atoms with E-state index in [4.69, 9.17) is 0 Å². The second-order valence-electron chi connectivity index (χ2n) is 2.74. The maximum atomic E-state index is 12.6. The fourth-order valence-electron chi connectivity index (χ4n) is 0.947. The summed E-state index contributed by atoms with van der Waals surface area (Å²) in [5, 5.41) is 1.60. The van der Waals surface area contributed by atoms with Gasteiger partial charge in [0, 0.05) is 30.8 Å². The second kappa shape index (κ2) is 5.44. The molecule has 1 aromatic rings. The molecule has 1 heterocycles. The number of hydrogen-bond donors (Lipinski definition) is 0. The first-order valence-corrected chi connectivity index (χ1v) is 6.78. The lowest BCUT2D eigenvalue weighted by molar-refractivity contribution is 0.373. The minimum atomic E-state index is -2.87. The van der Waals surface area contributed by atoms with Crippen LogP contribution in [0, 0.1) is 0 Å². The quantitative estimate of drug-likeness (QED) is 0.843. The molecule has 1 atom stereocenters. The third-order valence-electron chi connectivity index (χ3n) is 1.78. The fourth-order valence-corrected chi connectivity index (χ4v) is 3.74. The molecule has 1 rings (SSSR count). The highest BCUT2D eigenvalue weighted by Gasteiger charge is 2.17. The van der Waals surface area contributed by atoms with Crippen LogP contribution in [0.4, 0.5) is 13.2 Å². The summed E-state index contributed by atoms with van der Waals surface area (Å²) in [5.74, 6) is -1.84. The Morgan fingerprint density at radius 2 is 2.25 bits per heavy atom. The van der Waals surface area contributed by atoms with E-state index in [1.807, 2.05) is 0 Å². The van der Waals surface area contributed by atoms with Crippen molar-refractivity contribution < 1.29 is 17.4 Å². The van der Waals surface area contributed by atoms with Crippen LogP contribution in [-0.2, 0) is 9.73 Å². The van der Waals surface area contributed by atoms with Crippen LogP contribution >= 0.6 is 11.3 Å². The van der Waals surface area contributed by atoms with Gasteiger partial charge in [-0.3, -0.25) is 0 Å². The van der Waals surface area contributed by atoms with Gasteiger partial charge in [-0.05, 0) is 0 Å². The van der Waals surface area contributed by atoms with Crippen LogP contribution in [0.3, 0.4) is 0 Å². The van der Waals surface area contributed by atoms with Crippen molar-refractivity contribution in [1.82, 2.24) is 4.98 Å². The van der Waals surface area contributed by atoms with E-state index in [2.05, 4.69) is 9.35 Å². The molecule has 0 aliphatic carbocycles. The van der Waals surface area contributed by atoms with E-state index in [0.717, 1.165) is 11.3 Å². The standard InChI is InChI=1S/C8H9F3N2OS2/c1-12-16(14,8-13-3-4-15-8)5-2-6(9)7(10)11/h3-4H,2,5H2,1H3. The molecule has 8 heteroatoms. The molecule has 0 aromatic carbocycles. The van der Waals surface area contributed by atoms with Crippen molar-refractivity contribution in [2.45, 2.75) is 10.8 Å². The SMILES string of the molecule is CN=S(=O)(CCC(F)=C(F)F)c1nccs1. The van der Waals surface area contributed by atoms with Crippen LogP contribution < -0.4 is 0 Å². The molecule has 16 heavy (non-hydrogen) atoms. The van der Waals surface area contributed by atoms with Crippen molar-refractivity contribution in [3.8, 4) is 0 Å². The van der Waals surface area contributed by atoms with Crippen molar-refractivity contribution in [2.24, 2.45) is 4.36 Å². The van der Waals surface area contributed by atoms with E-state index in [-0.39, 0.29) is 10.1 Å². The molecule has 0 fully saturated rings. The van der Waals surface area contributed by atoms with E-state index >= 15 is 0 Å². The summed E-state index contributed by atoms with van der Waals surface area (Å²) < 4.78 is 52.2. The van der Waals surface area contributed by atoms with Gasteiger partial charge in [-0.25, -0.2) is 17.9 Å². The fraction of sp³-hybridized carbons (Fsp3) is 0.375. The van der Waals surface area contributed by atoms with Crippen LogP contribution in [0.25, 0.3) is 0 Å². The molecule has 0 aliphatic heterocycles. The lowest BCUT2D eigenvalue weighted by Gasteiger charge is -2.04. The van der Waals surface area contributed by atoms with Gasteiger partial charge in [-0.1, -0.05) is 0 Å². The Hall–Kier alpha value is -0.890. The molecular weight excluding hydrogens is 261 g/mol. The topological polar surface area (TPSA) is 42.3 Å². The number of nitrogens with zero attached hydrogens (tertiary/aromatic N) is 2. The first-order chi connectivity index (χ1) is 7.49. The molecule has 0 bridgehead atoms. The van der Waals surface area contributed by atoms with Crippen LogP contribution in [0.2, 0.25) is 0 Å². The van der Waals surface area contributed by atoms with E-state index in [0.29, 0.717) is 0 Å². The highest BCUT2D eigenvalue weighted by molar-refractivity contribution is 7.95. The molecule has 0 N–H and O–H groups in total. The smallest absolute Gasteiger partial charge is 0.242 e. The molecule has 1 unspecified atom stereocenters. The Morgan fingerprint density at radius 3 is 2.69 bits per heavy atom. The second-order valence-corrected chi connectivity index (χ2v) is 6.33. The summed E-state index contributed by atoms with van der Waals surface area (Å²) in [5.41, 5.74) is 0. The average Bonchev–Trinajstić information content (AvgIpc) is 2.79. The summed E-state index contributed by atoms with van der Waals surface area (Å²) in [6.07, 6.45) is -1.54.